The monoisotopic (exact) mass is 340 g/mol. The van der Waals surface area contributed by atoms with Crippen molar-refractivity contribution in [3.8, 4) is 0 Å². The van der Waals surface area contributed by atoms with Gasteiger partial charge in [0.05, 0.1) is 12.2 Å². The number of halogens is 1. The maximum atomic E-state index is 11.9. The van der Waals surface area contributed by atoms with Crippen molar-refractivity contribution in [3.05, 3.63) is 28.7 Å². The predicted molar refractivity (Wildman–Crippen MR) is 79.3 cm³/mol. The smallest absolute Gasteiger partial charge is 0.243 e. The van der Waals surface area contributed by atoms with E-state index in [1.807, 2.05) is 18.2 Å². The first-order chi connectivity index (χ1) is 9.66. The van der Waals surface area contributed by atoms with E-state index in [0.29, 0.717) is 18.9 Å². The average Bonchev–Trinajstić information content (AvgIpc) is 2.48. The molecule has 0 aromatic heterocycles. The molecule has 1 fully saturated rings. The summed E-state index contributed by atoms with van der Waals surface area (Å²) in [7, 11) is 0. The molecule has 6 heteroatoms. The average molecular weight is 341 g/mol. The fraction of sp³-hybridized carbons (Fsp3) is 0.429. The highest BCUT2D eigenvalue weighted by Crippen LogP contribution is 2.20. The van der Waals surface area contributed by atoms with Crippen LogP contribution in [0.4, 0.5) is 5.69 Å². The van der Waals surface area contributed by atoms with Gasteiger partial charge in [0.2, 0.25) is 11.8 Å². The Hall–Kier alpha value is -1.40. The van der Waals surface area contributed by atoms with Gasteiger partial charge in [-0.05, 0) is 40.9 Å². The van der Waals surface area contributed by atoms with Crippen LogP contribution in [0.15, 0.2) is 28.7 Å². The van der Waals surface area contributed by atoms with Crippen LogP contribution in [0.5, 0.6) is 0 Å². The largest absolute Gasteiger partial charge is 0.381 e. The van der Waals surface area contributed by atoms with Crippen molar-refractivity contribution < 1.29 is 14.3 Å². The van der Waals surface area contributed by atoms with Crippen molar-refractivity contribution in [2.75, 3.05) is 25.1 Å². The van der Waals surface area contributed by atoms with Crippen LogP contribution in [0.2, 0.25) is 0 Å². The Balaban J connectivity index is 1.77. The van der Waals surface area contributed by atoms with Crippen LogP contribution < -0.4 is 10.6 Å². The number of hydrogen-bond donors (Lipinski definition) is 2. The molecule has 1 aromatic carbocycles. The fourth-order valence-electron chi connectivity index (χ4n) is 2.03. The number of anilines is 1. The number of carbonyl (C=O) groups excluding carboxylic acids is 2. The van der Waals surface area contributed by atoms with Gasteiger partial charge < -0.3 is 15.4 Å². The van der Waals surface area contributed by atoms with Crippen LogP contribution in [0.3, 0.4) is 0 Å². The quantitative estimate of drug-likeness (QED) is 0.879. The standard InChI is InChI=1S/C14H17BrN2O3/c15-11-3-1-2-4-12(11)17-13(18)9-16-14(19)10-5-7-20-8-6-10/h1-4,10H,5-9H2,(H,16,19)(H,17,18). The third-order valence-electron chi connectivity index (χ3n) is 3.16. The third-order valence-corrected chi connectivity index (χ3v) is 3.85. The second kappa shape index (κ2) is 7.40. The molecule has 2 rings (SSSR count). The lowest BCUT2D eigenvalue weighted by Crippen LogP contribution is -2.38. The SMILES string of the molecule is O=C(CNC(=O)C1CCOCC1)Nc1ccccc1Br. The molecule has 1 aromatic rings. The highest BCUT2D eigenvalue weighted by atomic mass is 79.9. The van der Waals surface area contributed by atoms with E-state index < -0.39 is 0 Å². The summed E-state index contributed by atoms with van der Waals surface area (Å²) in [5.74, 6) is -0.354. The Morgan fingerprint density at radius 2 is 1.95 bits per heavy atom. The molecule has 1 aliphatic heterocycles. The van der Waals surface area contributed by atoms with Crippen molar-refractivity contribution in [1.82, 2.24) is 5.32 Å². The molecule has 108 valence electrons. The summed E-state index contributed by atoms with van der Waals surface area (Å²) < 4.78 is 6.01. The van der Waals surface area contributed by atoms with Crippen LogP contribution in [-0.2, 0) is 14.3 Å². The van der Waals surface area contributed by atoms with E-state index in [1.165, 1.54) is 0 Å². The van der Waals surface area contributed by atoms with E-state index in [9.17, 15) is 9.59 Å². The van der Waals surface area contributed by atoms with Gasteiger partial charge in [-0.1, -0.05) is 12.1 Å². The minimum absolute atomic E-state index is 0.0163. The van der Waals surface area contributed by atoms with Gasteiger partial charge in [0.25, 0.3) is 0 Å². The van der Waals surface area contributed by atoms with Crippen LogP contribution in [-0.4, -0.2) is 31.6 Å². The van der Waals surface area contributed by atoms with Crippen molar-refractivity contribution in [2.45, 2.75) is 12.8 Å². The van der Waals surface area contributed by atoms with Gasteiger partial charge in [-0.3, -0.25) is 9.59 Å². The molecule has 0 atom stereocenters. The zero-order chi connectivity index (χ0) is 14.4. The van der Waals surface area contributed by atoms with Crippen molar-refractivity contribution in [1.29, 1.82) is 0 Å². The van der Waals surface area contributed by atoms with E-state index in [4.69, 9.17) is 4.74 Å². The summed E-state index contributed by atoms with van der Waals surface area (Å²) in [6.07, 6.45) is 1.44. The van der Waals surface area contributed by atoms with Gasteiger partial charge in [-0.15, -0.1) is 0 Å². The molecular weight excluding hydrogens is 324 g/mol. The lowest BCUT2D eigenvalue weighted by molar-refractivity contribution is -0.129. The van der Waals surface area contributed by atoms with Crippen molar-refractivity contribution in [2.24, 2.45) is 5.92 Å². The maximum Gasteiger partial charge on any atom is 0.243 e. The topological polar surface area (TPSA) is 67.4 Å². The molecule has 0 saturated carbocycles. The fourth-order valence-corrected chi connectivity index (χ4v) is 2.41. The second-order valence-electron chi connectivity index (χ2n) is 4.63. The molecule has 0 unspecified atom stereocenters. The van der Waals surface area contributed by atoms with Gasteiger partial charge in [0, 0.05) is 23.6 Å². The summed E-state index contributed by atoms with van der Waals surface area (Å²) in [6.45, 7) is 1.21. The highest BCUT2D eigenvalue weighted by molar-refractivity contribution is 9.10. The van der Waals surface area contributed by atoms with Crippen LogP contribution in [0.1, 0.15) is 12.8 Å². The number of benzene rings is 1. The van der Waals surface area contributed by atoms with E-state index in [-0.39, 0.29) is 24.3 Å². The predicted octanol–water partition coefficient (Wildman–Crippen LogP) is 1.93. The van der Waals surface area contributed by atoms with Gasteiger partial charge in [-0.2, -0.15) is 0 Å². The summed E-state index contributed by atoms with van der Waals surface area (Å²) in [5, 5.41) is 5.41. The number of para-hydroxylation sites is 1. The van der Waals surface area contributed by atoms with E-state index in [1.54, 1.807) is 6.07 Å². The number of hydrogen-bond acceptors (Lipinski definition) is 3. The Morgan fingerprint density at radius 1 is 1.25 bits per heavy atom. The zero-order valence-electron chi connectivity index (χ0n) is 11.0. The molecule has 0 aliphatic carbocycles. The summed E-state index contributed by atoms with van der Waals surface area (Å²) >= 11 is 3.35. The van der Waals surface area contributed by atoms with Crippen molar-refractivity contribution in [3.63, 3.8) is 0 Å². The molecule has 2 amide bonds. The molecule has 20 heavy (non-hydrogen) atoms. The first-order valence-corrected chi connectivity index (χ1v) is 7.36. The molecule has 0 radical (unpaired) electrons. The molecule has 5 nitrogen and oxygen atoms in total. The van der Waals surface area contributed by atoms with Gasteiger partial charge in [0.1, 0.15) is 0 Å². The first kappa shape index (κ1) is 15.0. The van der Waals surface area contributed by atoms with Crippen LogP contribution >= 0.6 is 15.9 Å². The van der Waals surface area contributed by atoms with E-state index in [2.05, 4.69) is 26.6 Å². The summed E-state index contributed by atoms with van der Waals surface area (Å²) in [5.41, 5.74) is 0.692. The number of amides is 2. The first-order valence-electron chi connectivity index (χ1n) is 6.56. The molecule has 1 heterocycles. The van der Waals surface area contributed by atoms with E-state index >= 15 is 0 Å². The third kappa shape index (κ3) is 4.31. The van der Waals surface area contributed by atoms with Crippen LogP contribution in [0.25, 0.3) is 0 Å². The van der Waals surface area contributed by atoms with Crippen LogP contribution in [0, 0.1) is 5.92 Å². The number of nitrogens with one attached hydrogen (secondary N) is 2. The van der Waals surface area contributed by atoms with Crippen molar-refractivity contribution >= 4 is 33.4 Å². The van der Waals surface area contributed by atoms with Gasteiger partial charge in [0.15, 0.2) is 0 Å². The molecular formula is C14H17BrN2O3. The number of ether oxygens (including phenoxy) is 1. The van der Waals surface area contributed by atoms with Gasteiger partial charge in [-0.25, -0.2) is 0 Å². The summed E-state index contributed by atoms with van der Waals surface area (Å²) in [6, 6.07) is 7.34. The van der Waals surface area contributed by atoms with E-state index in [0.717, 1.165) is 17.3 Å². The zero-order valence-corrected chi connectivity index (χ0v) is 12.6. The Labute approximate surface area is 126 Å². The Morgan fingerprint density at radius 3 is 2.65 bits per heavy atom. The van der Waals surface area contributed by atoms with Gasteiger partial charge >= 0.3 is 0 Å². The Kier molecular flexibility index (Phi) is 5.55. The highest BCUT2D eigenvalue weighted by Gasteiger charge is 2.21. The normalized spacial score (nSPS) is 15.7. The lowest BCUT2D eigenvalue weighted by Gasteiger charge is -2.21. The Bertz CT molecular complexity index is 487. The minimum atomic E-state index is -0.239. The minimum Gasteiger partial charge on any atom is -0.381 e. The second-order valence-corrected chi connectivity index (χ2v) is 5.49. The lowest BCUT2D eigenvalue weighted by atomic mass is 9.99. The molecule has 2 N–H and O–H groups in total. The molecule has 0 bridgehead atoms. The number of rotatable bonds is 4. The molecule has 1 saturated heterocycles. The summed E-state index contributed by atoms with van der Waals surface area (Å²) in [4.78, 5) is 23.6. The molecule has 1 aliphatic rings. The molecule has 0 spiro atoms. The maximum absolute atomic E-state index is 11.9. The number of carbonyl (C=O) groups is 2.